The molecule has 0 aliphatic carbocycles. The van der Waals surface area contributed by atoms with E-state index in [-0.39, 0.29) is 5.82 Å². The Labute approximate surface area is 165 Å². The smallest absolute Gasteiger partial charge is 0.250 e. The van der Waals surface area contributed by atoms with Crippen molar-refractivity contribution in [3.63, 3.8) is 0 Å². The Kier molecular flexibility index (Phi) is 5.76. The van der Waals surface area contributed by atoms with Gasteiger partial charge in [0.25, 0.3) is 0 Å². The third-order valence-corrected chi connectivity index (χ3v) is 3.90. The van der Waals surface area contributed by atoms with Crippen molar-refractivity contribution in [2.45, 2.75) is 10.3 Å². The molecular weight excluding hydrogens is 397 g/mol. The van der Waals surface area contributed by atoms with Crippen LogP contribution in [-0.2, 0) is 10.3 Å². The van der Waals surface area contributed by atoms with Crippen molar-refractivity contribution < 1.29 is 4.74 Å². The summed E-state index contributed by atoms with van der Waals surface area (Å²) in [5.74, 6) is 1.36. The molecule has 3 aromatic rings. The fourth-order valence-corrected chi connectivity index (χ4v) is 2.41. The standard InChI is InChI=1S/C17H14Cl3N5O/c1-26-13-6-2-5-12(8-13)14-23-15(17(18,19)20)25-16(24-14)22-10-11-4-3-7-21-9-11/h2-9H,10H2,1H3,(H,22,23,24,25). The summed E-state index contributed by atoms with van der Waals surface area (Å²) < 4.78 is 3.46. The second-order valence-electron chi connectivity index (χ2n) is 5.25. The molecule has 26 heavy (non-hydrogen) atoms. The molecule has 0 radical (unpaired) electrons. The number of anilines is 1. The summed E-state index contributed by atoms with van der Waals surface area (Å²) in [7, 11) is 1.58. The van der Waals surface area contributed by atoms with E-state index in [1.54, 1.807) is 25.6 Å². The van der Waals surface area contributed by atoms with Crippen LogP contribution in [0.3, 0.4) is 0 Å². The Balaban J connectivity index is 1.96. The average molecular weight is 411 g/mol. The molecule has 0 atom stereocenters. The molecule has 0 bridgehead atoms. The highest BCUT2D eigenvalue weighted by Crippen LogP contribution is 2.37. The van der Waals surface area contributed by atoms with Gasteiger partial charge in [-0.05, 0) is 23.8 Å². The Morgan fingerprint density at radius 2 is 1.92 bits per heavy atom. The van der Waals surface area contributed by atoms with Crippen molar-refractivity contribution in [2.24, 2.45) is 0 Å². The number of hydrogen-bond acceptors (Lipinski definition) is 6. The monoisotopic (exact) mass is 409 g/mol. The number of nitrogens with one attached hydrogen (secondary N) is 1. The minimum atomic E-state index is -1.78. The zero-order valence-corrected chi connectivity index (χ0v) is 15.9. The van der Waals surface area contributed by atoms with Crippen molar-refractivity contribution in [1.29, 1.82) is 0 Å². The summed E-state index contributed by atoms with van der Waals surface area (Å²) in [6.07, 6.45) is 3.45. The lowest BCUT2D eigenvalue weighted by Crippen LogP contribution is -2.13. The van der Waals surface area contributed by atoms with Crippen molar-refractivity contribution in [3.05, 3.63) is 60.2 Å². The number of hydrogen-bond donors (Lipinski definition) is 1. The summed E-state index contributed by atoms with van der Waals surface area (Å²) in [6, 6.07) is 11.1. The Morgan fingerprint density at radius 1 is 1.08 bits per heavy atom. The van der Waals surface area contributed by atoms with Gasteiger partial charge in [0.05, 0.1) is 7.11 Å². The number of nitrogens with zero attached hydrogens (tertiary/aromatic N) is 4. The Hall–Kier alpha value is -2.15. The van der Waals surface area contributed by atoms with E-state index >= 15 is 0 Å². The third kappa shape index (κ3) is 4.72. The number of aromatic nitrogens is 4. The summed E-state index contributed by atoms with van der Waals surface area (Å²) >= 11 is 17.9. The van der Waals surface area contributed by atoms with Crippen LogP contribution in [0, 0.1) is 0 Å². The van der Waals surface area contributed by atoms with Crippen molar-refractivity contribution in [2.75, 3.05) is 12.4 Å². The van der Waals surface area contributed by atoms with Gasteiger partial charge in [0.2, 0.25) is 9.74 Å². The molecule has 2 heterocycles. The number of pyridine rings is 1. The molecule has 9 heteroatoms. The fourth-order valence-electron chi connectivity index (χ4n) is 2.16. The SMILES string of the molecule is COc1cccc(-c2nc(NCc3cccnc3)nc(C(Cl)(Cl)Cl)n2)c1. The first-order valence-electron chi connectivity index (χ1n) is 7.56. The van der Waals surface area contributed by atoms with Gasteiger partial charge in [0, 0.05) is 24.5 Å². The first-order chi connectivity index (χ1) is 12.5. The lowest BCUT2D eigenvalue weighted by atomic mass is 10.2. The number of benzene rings is 1. The van der Waals surface area contributed by atoms with Crippen molar-refractivity contribution in [1.82, 2.24) is 19.9 Å². The van der Waals surface area contributed by atoms with Gasteiger partial charge in [-0.15, -0.1) is 0 Å². The van der Waals surface area contributed by atoms with Crippen LogP contribution in [0.4, 0.5) is 5.95 Å². The molecule has 6 nitrogen and oxygen atoms in total. The van der Waals surface area contributed by atoms with Crippen LogP contribution in [0.15, 0.2) is 48.8 Å². The maximum Gasteiger partial charge on any atom is 0.250 e. The lowest BCUT2D eigenvalue weighted by molar-refractivity contribution is 0.415. The quantitative estimate of drug-likeness (QED) is 0.629. The van der Waals surface area contributed by atoms with Crippen molar-refractivity contribution in [3.8, 4) is 17.1 Å². The number of rotatable bonds is 5. The fraction of sp³-hybridized carbons (Fsp3) is 0.176. The molecule has 0 unspecified atom stereocenters. The van der Waals surface area contributed by atoms with Crippen LogP contribution < -0.4 is 10.1 Å². The summed E-state index contributed by atoms with van der Waals surface area (Å²) in [6.45, 7) is 0.467. The van der Waals surface area contributed by atoms with Gasteiger partial charge in [-0.3, -0.25) is 4.98 Å². The summed E-state index contributed by atoms with van der Waals surface area (Å²) in [5, 5.41) is 3.10. The normalized spacial score (nSPS) is 11.2. The van der Waals surface area contributed by atoms with Crippen LogP contribution in [-0.4, -0.2) is 27.0 Å². The third-order valence-electron chi connectivity index (χ3n) is 3.39. The highest BCUT2D eigenvalue weighted by molar-refractivity contribution is 6.66. The molecule has 0 aliphatic heterocycles. The number of halogens is 3. The Morgan fingerprint density at radius 3 is 2.62 bits per heavy atom. The minimum Gasteiger partial charge on any atom is -0.497 e. The maximum atomic E-state index is 5.98. The first kappa shape index (κ1) is 18.6. The molecule has 134 valence electrons. The number of alkyl halides is 3. The molecule has 2 aromatic heterocycles. The maximum absolute atomic E-state index is 5.98. The van der Waals surface area contributed by atoms with E-state index in [2.05, 4.69) is 25.3 Å². The van der Waals surface area contributed by atoms with Gasteiger partial charge < -0.3 is 10.1 Å². The van der Waals surface area contributed by atoms with Gasteiger partial charge in [0.1, 0.15) is 5.75 Å². The first-order valence-corrected chi connectivity index (χ1v) is 8.69. The van der Waals surface area contributed by atoms with Crippen LogP contribution >= 0.6 is 34.8 Å². The molecule has 0 spiro atoms. The van der Waals surface area contributed by atoms with E-state index in [0.29, 0.717) is 29.6 Å². The molecule has 0 saturated carbocycles. The molecule has 0 aliphatic rings. The Bertz CT molecular complexity index is 887. The second-order valence-corrected chi connectivity index (χ2v) is 7.53. The second kappa shape index (κ2) is 8.03. The highest BCUT2D eigenvalue weighted by atomic mass is 35.6. The van der Waals surface area contributed by atoms with Gasteiger partial charge in [0.15, 0.2) is 11.6 Å². The van der Waals surface area contributed by atoms with Crippen LogP contribution in [0.25, 0.3) is 11.4 Å². The van der Waals surface area contributed by atoms with E-state index < -0.39 is 3.79 Å². The summed E-state index contributed by atoms with van der Waals surface area (Å²) in [4.78, 5) is 17.0. The van der Waals surface area contributed by atoms with Gasteiger partial charge >= 0.3 is 0 Å². The predicted molar refractivity (Wildman–Crippen MR) is 103 cm³/mol. The van der Waals surface area contributed by atoms with Gasteiger partial charge in [-0.1, -0.05) is 53.0 Å². The van der Waals surface area contributed by atoms with Crippen LogP contribution in [0.2, 0.25) is 0 Å². The van der Waals surface area contributed by atoms with Gasteiger partial charge in [-0.2, -0.15) is 9.97 Å². The zero-order chi connectivity index (χ0) is 18.6. The van der Waals surface area contributed by atoms with E-state index in [9.17, 15) is 0 Å². The van der Waals surface area contributed by atoms with E-state index in [1.807, 2.05) is 30.3 Å². The van der Waals surface area contributed by atoms with E-state index in [1.165, 1.54) is 0 Å². The molecule has 0 saturated heterocycles. The molecule has 3 rings (SSSR count). The molecule has 1 aromatic carbocycles. The molecule has 0 amide bonds. The van der Waals surface area contributed by atoms with Crippen molar-refractivity contribution >= 4 is 40.8 Å². The number of methoxy groups -OCH3 is 1. The predicted octanol–water partition coefficient (Wildman–Crippen LogP) is 4.38. The van der Waals surface area contributed by atoms with Gasteiger partial charge in [-0.25, -0.2) is 4.98 Å². The minimum absolute atomic E-state index is 0.0315. The largest absolute Gasteiger partial charge is 0.497 e. The van der Waals surface area contributed by atoms with Crippen LogP contribution in [0.5, 0.6) is 5.75 Å². The van der Waals surface area contributed by atoms with E-state index in [4.69, 9.17) is 39.5 Å². The zero-order valence-electron chi connectivity index (χ0n) is 13.7. The van der Waals surface area contributed by atoms with Crippen LogP contribution in [0.1, 0.15) is 11.4 Å². The summed E-state index contributed by atoms with van der Waals surface area (Å²) in [5.41, 5.74) is 1.68. The molecule has 0 fully saturated rings. The number of ether oxygens (including phenoxy) is 1. The molecule has 1 N–H and O–H groups in total. The van der Waals surface area contributed by atoms with E-state index in [0.717, 1.165) is 5.56 Å². The lowest BCUT2D eigenvalue weighted by Gasteiger charge is -2.13. The topological polar surface area (TPSA) is 72.8 Å². The molecular formula is C17H14Cl3N5O. The highest BCUT2D eigenvalue weighted by Gasteiger charge is 2.28. The average Bonchev–Trinajstić information content (AvgIpc) is 2.66.